The van der Waals surface area contributed by atoms with Gasteiger partial charge in [0.05, 0.1) is 22.2 Å². The average molecular weight is 562 g/mol. The highest BCUT2D eigenvalue weighted by atomic mass is 32.1. The van der Waals surface area contributed by atoms with E-state index in [4.69, 9.17) is 0 Å². The number of aromatic nitrogens is 1. The second-order valence-electron chi connectivity index (χ2n) is 10.8. The Morgan fingerprint density at radius 2 is 1.85 bits per heavy atom. The molecule has 11 heteroatoms. The van der Waals surface area contributed by atoms with E-state index in [0.717, 1.165) is 21.7 Å². The highest BCUT2D eigenvalue weighted by Gasteiger charge is 2.41. The summed E-state index contributed by atoms with van der Waals surface area (Å²) in [6.45, 7) is 13.0. The number of carbonyl (C=O) groups is 4. The van der Waals surface area contributed by atoms with Crippen LogP contribution in [0.1, 0.15) is 65.0 Å². The maximum atomic E-state index is 13.3. The van der Waals surface area contributed by atoms with E-state index in [9.17, 15) is 24.3 Å². The first-order valence-electron chi connectivity index (χ1n) is 13.3. The number of carbonyl (C=O) groups excluding carboxylic acids is 4. The monoisotopic (exact) mass is 561 g/mol. The van der Waals surface area contributed by atoms with Crippen LogP contribution in [0.4, 0.5) is 0 Å². The molecular weight excluding hydrogens is 518 g/mol. The predicted octanol–water partition coefficient (Wildman–Crippen LogP) is 2.28. The van der Waals surface area contributed by atoms with E-state index < -0.39 is 36.0 Å². The summed E-state index contributed by atoms with van der Waals surface area (Å²) in [7, 11) is 1.67. The van der Waals surface area contributed by atoms with E-state index in [1.807, 2.05) is 52.3 Å². The molecule has 2 rings (SSSR count). The van der Waals surface area contributed by atoms with Gasteiger partial charge in [-0.25, -0.2) is 4.98 Å². The average Bonchev–Trinajstić information content (AvgIpc) is 3.45. The Balaban J connectivity index is 2.06. The van der Waals surface area contributed by atoms with E-state index in [-0.39, 0.29) is 30.7 Å². The highest BCUT2D eigenvalue weighted by Crippen LogP contribution is 2.23. The Bertz CT molecular complexity index is 1110. The quantitative estimate of drug-likeness (QED) is 0.355. The van der Waals surface area contributed by atoms with Gasteiger partial charge in [0.2, 0.25) is 23.6 Å². The number of likely N-dealkylation sites (tertiary alicyclic amines) is 1. The van der Waals surface area contributed by atoms with Crippen LogP contribution in [-0.2, 0) is 19.2 Å². The van der Waals surface area contributed by atoms with Crippen molar-refractivity contribution in [3.63, 3.8) is 0 Å². The predicted molar refractivity (Wildman–Crippen MR) is 153 cm³/mol. The Morgan fingerprint density at radius 1 is 1.18 bits per heavy atom. The summed E-state index contributed by atoms with van der Waals surface area (Å²) in [6, 6.07) is -2.53. The highest BCUT2D eigenvalue weighted by molar-refractivity contribution is 7.10. The number of nitrogens with zero attached hydrogens (tertiary/aromatic N) is 3. The summed E-state index contributed by atoms with van der Waals surface area (Å²) >= 11 is 1.58. The summed E-state index contributed by atoms with van der Waals surface area (Å²) in [5.74, 6) is -1.37. The van der Waals surface area contributed by atoms with Crippen molar-refractivity contribution in [2.45, 2.75) is 85.5 Å². The third-order valence-corrected chi connectivity index (χ3v) is 7.63. The fourth-order valence-corrected chi connectivity index (χ4v) is 5.44. The van der Waals surface area contributed by atoms with E-state index in [1.165, 1.54) is 11.8 Å². The lowest BCUT2D eigenvalue weighted by Gasteiger charge is -2.30. The van der Waals surface area contributed by atoms with Gasteiger partial charge in [0.1, 0.15) is 18.1 Å². The van der Waals surface area contributed by atoms with Crippen LogP contribution in [0.5, 0.6) is 0 Å². The lowest BCUT2D eigenvalue weighted by atomic mass is 10.0. The minimum atomic E-state index is -0.934. The van der Waals surface area contributed by atoms with Crippen molar-refractivity contribution in [3.8, 4) is 0 Å². The maximum Gasteiger partial charge on any atom is 0.245 e. The van der Waals surface area contributed by atoms with Crippen LogP contribution in [0.15, 0.2) is 23.2 Å². The number of aryl methyl sites for hydroxylation is 1. The third kappa shape index (κ3) is 9.28. The molecule has 1 aliphatic rings. The van der Waals surface area contributed by atoms with Crippen molar-refractivity contribution in [3.05, 3.63) is 33.8 Å². The first-order chi connectivity index (χ1) is 18.2. The van der Waals surface area contributed by atoms with Crippen molar-refractivity contribution >= 4 is 40.5 Å². The number of aliphatic hydroxyl groups is 1. The molecule has 216 valence electrons. The summed E-state index contributed by atoms with van der Waals surface area (Å²) in [4.78, 5) is 59.3. The van der Waals surface area contributed by atoms with Gasteiger partial charge in [-0.15, -0.1) is 11.3 Å². The van der Waals surface area contributed by atoms with Crippen molar-refractivity contribution in [2.75, 3.05) is 20.1 Å². The first-order valence-corrected chi connectivity index (χ1v) is 14.1. The Labute approximate surface area is 235 Å². The van der Waals surface area contributed by atoms with Gasteiger partial charge in [-0.05, 0) is 45.6 Å². The summed E-state index contributed by atoms with van der Waals surface area (Å²) in [5.41, 5.74) is 4.84. The van der Waals surface area contributed by atoms with Crippen LogP contribution < -0.4 is 10.6 Å². The molecule has 39 heavy (non-hydrogen) atoms. The smallest absolute Gasteiger partial charge is 0.245 e. The number of aliphatic hydroxyl groups excluding tert-OH is 1. The van der Waals surface area contributed by atoms with E-state index >= 15 is 0 Å². The van der Waals surface area contributed by atoms with Crippen molar-refractivity contribution < 1.29 is 24.3 Å². The van der Waals surface area contributed by atoms with Crippen LogP contribution >= 0.6 is 11.3 Å². The molecule has 0 bridgehead atoms. The van der Waals surface area contributed by atoms with Gasteiger partial charge in [-0.1, -0.05) is 31.6 Å². The Hall–Kier alpha value is -3.05. The fourth-order valence-electron chi connectivity index (χ4n) is 4.65. The van der Waals surface area contributed by atoms with Gasteiger partial charge < -0.3 is 25.5 Å². The van der Waals surface area contributed by atoms with Crippen LogP contribution in [0.3, 0.4) is 0 Å². The number of rotatable bonds is 11. The van der Waals surface area contributed by atoms with Gasteiger partial charge in [-0.2, -0.15) is 0 Å². The molecule has 1 aromatic rings. The largest absolute Gasteiger partial charge is 0.391 e. The molecular formula is C28H43N5O5S. The molecule has 1 saturated heterocycles. The summed E-state index contributed by atoms with van der Waals surface area (Å²) < 4.78 is 0. The molecule has 0 saturated carbocycles. The van der Waals surface area contributed by atoms with Gasteiger partial charge >= 0.3 is 0 Å². The van der Waals surface area contributed by atoms with Gasteiger partial charge in [0, 0.05) is 33.5 Å². The van der Waals surface area contributed by atoms with Gasteiger partial charge in [0.25, 0.3) is 0 Å². The number of nitrogens with one attached hydrogen (secondary N) is 2. The second-order valence-corrected chi connectivity index (χ2v) is 11.7. The van der Waals surface area contributed by atoms with Crippen LogP contribution in [0, 0.1) is 12.8 Å². The van der Waals surface area contributed by atoms with Crippen LogP contribution in [-0.4, -0.2) is 87.9 Å². The topological polar surface area (TPSA) is 132 Å². The molecule has 0 aromatic carbocycles. The lowest BCUT2D eigenvalue weighted by molar-refractivity contribution is -0.144. The fraction of sp³-hybridized carbons (Fsp3) is 0.607. The van der Waals surface area contributed by atoms with E-state index in [1.54, 1.807) is 30.2 Å². The van der Waals surface area contributed by atoms with Crippen molar-refractivity contribution in [2.24, 2.45) is 5.92 Å². The van der Waals surface area contributed by atoms with E-state index in [0.29, 0.717) is 13.0 Å². The molecule has 4 atom stereocenters. The van der Waals surface area contributed by atoms with Crippen LogP contribution in [0.25, 0.3) is 5.57 Å². The lowest BCUT2D eigenvalue weighted by Crippen LogP contribution is -2.56. The summed E-state index contributed by atoms with van der Waals surface area (Å²) in [6.07, 6.45) is 3.68. The molecule has 2 heterocycles. The standard InChI is InChI=1S/C28H43N5O5S/c1-16(2)11-23(31-21(7)34)26(36)30-20(6)27(37)33-14-22(35)12-24(33)28(38)32(8)13-17(3)9-10-18(4)25-19(5)29-15-39-25/h9-10,15-16,20,22-24,35H,11-14H2,1-8H3,(H,30,36)(H,31,34)/b17-9+,18-10+/t20-,22+,23-,24-/m0/s1. The number of likely N-dealkylation sites (N-methyl/N-ethyl adjacent to an activating group) is 1. The molecule has 3 N–H and O–H groups in total. The number of thiazole rings is 1. The van der Waals surface area contributed by atoms with E-state index in [2.05, 4.69) is 15.6 Å². The molecule has 1 fully saturated rings. The van der Waals surface area contributed by atoms with Crippen molar-refractivity contribution in [1.82, 2.24) is 25.4 Å². The zero-order chi connectivity index (χ0) is 29.4. The maximum absolute atomic E-state index is 13.3. The first kappa shape index (κ1) is 32.2. The summed E-state index contributed by atoms with van der Waals surface area (Å²) in [5, 5.41) is 15.6. The molecule has 1 aromatic heterocycles. The molecule has 4 amide bonds. The second kappa shape index (κ2) is 14.4. The van der Waals surface area contributed by atoms with Crippen molar-refractivity contribution in [1.29, 1.82) is 0 Å². The number of hydrogen-bond donors (Lipinski definition) is 3. The molecule has 0 unspecified atom stereocenters. The molecule has 1 aliphatic heterocycles. The van der Waals surface area contributed by atoms with Gasteiger partial charge in [0.15, 0.2) is 0 Å². The zero-order valence-corrected chi connectivity index (χ0v) is 25.1. The number of hydrogen-bond acceptors (Lipinski definition) is 7. The third-order valence-electron chi connectivity index (χ3n) is 6.56. The molecule has 0 spiro atoms. The molecule has 10 nitrogen and oxygen atoms in total. The van der Waals surface area contributed by atoms with Gasteiger partial charge in [-0.3, -0.25) is 19.2 Å². The minimum absolute atomic E-state index is 0.00929. The number of allylic oxidation sites excluding steroid dienone is 3. The molecule has 0 aliphatic carbocycles. The zero-order valence-electron chi connectivity index (χ0n) is 24.3. The minimum Gasteiger partial charge on any atom is -0.391 e. The Kier molecular flexibility index (Phi) is 11.8. The van der Waals surface area contributed by atoms with Crippen LogP contribution in [0.2, 0.25) is 0 Å². The Morgan fingerprint density at radius 3 is 2.41 bits per heavy atom. The molecule has 0 radical (unpaired) electrons. The SMILES string of the molecule is CC(=O)N[C@@H](CC(C)C)C(=O)N[C@@H](C)C(=O)N1C[C@H](O)C[C@H]1C(=O)N(C)C/C(C)=C/C=C(\C)c1scnc1C. The normalized spacial score (nSPS) is 19.6. The number of amides is 4. The number of β-amino-alcohol motifs (C(OH)–C–C–N with tert-alkyl or cyclic N) is 1.